The van der Waals surface area contributed by atoms with Gasteiger partial charge >= 0.3 is 0 Å². The van der Waals surface area contributed by atoms with Crippen molar-refractivity contribution in [3.8, 4) is 11.8 Å². The first-order chi connectivity index (χ1) is 10.1. The van der Waals surface area contributed by atoms with Crippen LogP contribution in [0.1, 0.15) is 11.4 Å². The van der Waals surface area contributed by atoms with Crippen molar-refractivity contribution in [1.82, 2.24) is 9.55 Å². The maximum absolute atomic E-state index is 14.2. The van der Waals surface area contributed by atoms with Gasteiger partial charge in [0.1, 0.15) is 17.5 Å². The van der Waals surface area contributed by atoms with E-state index in [0.717, 1.165) is 6.07 Å². The van der Waals surface area contributed by atoms with E-state index in [4.69, 9.17) is 16.9 Å². The van der Waals surface area contributed by atoms with Gasteiger partial charge in [-0.1, -0.05) is 0 Å². The highest BCUT2D eigenvalue weighted by molar-refractivity contribution is 6.17. The number of nitrogens with zero attached hydrogens (tertiary/aromatic N) is 3. The minimum atomic E-state index is -0.594. The molecule has 3 aromatic rings. The van der Waals surface area contributed by atoms with Crippen LogP contribution >= 0.6 is 11.6 Å². The summed E-state index contributed by atoms with van der Waals surface area (Å²) in [4.78, 5) is 4.27. The first-order valence-electron chi connectivity index (χ1n) is 6.07. The topological polar surface area (TPSA) is 41.6 Å². The van der Waals surface area contributed by atoms with Crippen LogP contribution in [0.2, 0.25) is 0 Å². The lowest BCUT2D eigenvalue weighted by atomic mass is 10.2. The third-order valence-electron chi connectivity index (χ3n) is 3.12. The number of halogens is 3. The Bertz CT molecular complexity index is 880. The number of hydrogen-bond acceptors (Lipinski definition) is 2. The number of alkyl halides is 1. The molecule has 0 unspecified atom stereocenters. The number of benzene rings is 2. The molecule has 3 rings (SSSR count). The van der Waals surface area contributed by atoms with E-state index in [2.05, 4.69) is 4.98 Å². The molecule has 21 heavy (non-hydrogen) atoms. The SMILES string of the molecule is N#Cc1ccc(-n2c(CCl)nc3ccc(F)cc32)c(F)c1. The van der Waals surface area contributed by atoms with Crippen LogP contribution in [0.5, 0.6) is 0 Å². The molecule has 0 aliphatic heterocycles. The van der Waals surface area contributed by atoms with Gasteiger partial charge in [0.2, 0.25) is 0 Å². The van der Waals surface area contributed by atoms with Crippen molar-refractivity contribution in [2.24, 2.45) is 0 Å². The average molecular weight is 304 g/mol. The molecule has 0 fully saturated rings. The molecule has 104 valence electrons. The number of nitriles is 1. The molecule has 0 radical (unpaired) electrons. The number of rotatable bonds is 2. The molecule has 0 saturated carbocycles. The molecule has 0 spiro atoms. The molecule has 2 aromatic carbocycles. The van der Waals surface area contributed by atoms with Crippen LogP contribution in [0.3, 0.4) is 0 Å². The minimum absolute atomic E-state index is 0.0513. The largest absolute Gasteiger partial charge is 0.292 e. The van der Waals surface area contributed by atoms with Gasteiger partial charge in [-0.15, -0.1) is 11.6 Å². The van der Waals surface area contributed by atoms with Crippen molar-refractivity contribution < 1.29 is 8.78 Å². The van der Waals surface area contributed by atoms with E-state index in [0.29, 0.717) is 16.9 Å². The smallest absolute Gasteiger partial charge is 0.148 e. The van der Waals surface area contributed by atoms with Crippen LogP contribution in [-0.4, -0.2) is 9.55 Å². The van der Waals surface area contributed by atoms with E-state index in [1.54, 1.807) is 0 Å². The Balaban J connectivity index is 2.33. The lowest BCUT2D eigenvalue weighted by Gasteiger charge is -2.09. The quantitative estimate of drug-likeness (QED) is 0.673. The third-order valence-corrected chi connectivity index (χ3v) is 3.36. The van der Waals surface area contributed by atoms with Gasteiger partial charge in [-0.3, -0.25) is 4.57 Å². The third kappa shape index (κ3) is 2.24. The number of imidazole rings is 1. The zero-order valence-electron chi connectivity index (χ0n) is 10.6. The highest BCUT2D eigenvalue weighted by atomic mass is 35.5. The van der Waals surface area contributed by atoms with Gasteiger partial charge in [0.15, 0.2) is 0 Å². The van der Waals surface area contributed by atoms with Crippen LogP contribution in [0.4, 0.5) is 8.78 Å². The lowest BCUT2D eigenvalue weighted by Crippen LogP contribution is -2.02. The van der Waals surface area contributed by atoms with E-state index in [-0.39, 0.29) is 17.1 Å². The van der Waals surface area contributed by atoms with E-state index in [1.165, 1.54) is 34.9 Å². The van der Waals surface area contributed by atoms with Gasteiger partial charge in [0.25, 0.3) is 0 Å². The molecular formula is C15H8ClF2N3. The number of hydrogen-bond donors (Lipinski definition) is 0. The van der Waals surface area contributed by atoms with Crippen molar-refractivity contribution in [2.45, 2.75) is 5.88 Å². The molecule has 0 bridgehead atoms. The Hall–Kier alpha value is -2.45. The van der Waals surface area contributed by atoms with Crippen molar-refractivity contribution in [2.75, 3.05) is 0 Å². The summed E-state index contributed by atoms with van der Waals surface area (Å²) in [5, 5.41) is 8.79. The summed E-state index contributed by atoms with van der Waals surface area (Å²) in [6, 6.07) is 10.0. The Labute approximate surface area is 124 Å². The molecule has 1 aromatic heterocycles. The first-order valence-corrected chi connectivity index (χ1v) is 6.60. The average Bonchev–Trinajstić information content (AvgIpc) is 2.84. The summed E-state index contributed by atoms with van der Waals surface area (Å²) in [5.74, 6) is -0.584. The molecule has 0 aliphatic rings. The number of aromatic nitrogens is 2. The molecule has 0 atom stereocenters. The molecule has 0 N–H and O–H groups in total. The predicted octanol–water partition coefficient (Wildman–Crippen LogP) is 3.91. The Kier molecular flexibility index (Phi) is 3.32. The second kappa shape index (κ2) is 5.15. The van der Waals surface area contributed by atoms with Crippen molar-refractivity contribution in [3.05, 3.63) is 59.4 Å². The van der Waals surface area contributed by atoms with Crippen LogP contribution < -0.4 is 0 Å². The summed E-state index contributed by atoms with van der Waals surface area (Å²) >= 11 is 5.85. The van der Waals surface area contributed by atoms with E-state index < -0.39 is 11.6 Å². The highest BCUT2D eigenvalue weighted by Crippen LogP contribution is 2.25. The zero-order chi connectivity index (χ0) is 15.0. The van der Waals surface area contributed by atoms with Crippen LogP contribution in [-0.2, 0) is 5.88 Å². The van der Waals surface area contributed by atoms with Crippen LogP contribution in [0, 0.1) is 23.0 Å². The fourth-order valence-corrected chi connectivity index (χ4v) is 2.39. The van der Waals surface area contributed by atoms with Crippen LogP contribution in [0.15, 0.2) is 36.4 Å². The maximum atomic E-state index is 14.2. The second-order valence-corrected chi connectivity index (χ2v) is 4.68. The summed E-state index contributed by atoms with van der Waals surface area (Å²) in [6.07, 6.45) is 0. The first kappa shape index (κ1) is 13.5. The second-order valence-electron chi connectivity index (χ2n) is 4.41. The molecule has 0 aliphatic carbocycles. The van der Waals surface area contributed by atoms with E-state index in [9.17, 15) is 8.78 Å². The molecular weight excluding hydrogens is 296 g/mol. The monoisotopic (exact) mass is 303 g/mol. The fraction of sp³-hybridized carbons (Fsp3) is 0.0667. The van der Waals surface area contributed by atoms with Gasteiger partial charge in [-0.05, 0) is 30.3 Å². The normalized spacial score (nSPS) is 10.8. The Morgan fingerprint density at radius 1 is 1.19 bits per heavy atom. The van der Waals surface area contributed by atoms with Gasteiger partial charge in [0.05, 0.1) is 34.2 Å². The van der Waals surface area contributed by atoms with E-state index >= 15 is 0 Å². The standard InChI is InChI=1S/C15H8ClF2N3/c16-7-15-20-12-3-2-10(17)6-14(12)21(15)13-4-1-9(8-19)5-11(13)18/h1-6H,7H2. The molecule has 3 nitrogen and oxygen atoms in total. The highest BCUT2D eigenvalue weighted by Gasteiger charge is 2.15. The molecule has 0 amide bonds. The zero-order valence-corrected chi connectivity index (χ0v) is 11.4. The summed E-state index contributed by atoms with van der Waals surface area (Å²) in [7, 11) is 0. The van der Waals surface area contributed by atoms with Gasteiger partial charge in [-0.2, -0.15) is 5.26 Å². The Morgan fingerprint density at radius 3 is 2.67 bits per heavy atom. The van der Waals surface area contributed by atoms with Gasteiger partial charge < -0.3 is 0 Å². The summed E-state index contributed by atoms with van der Waals surface area (Å²) < 4.78 is 29.1. The summed E-state index contributed by atoms with van der Waals surface area (Å²) in [5.41, 5.74) is 1.34. The molecule has 0 saturated heterocycles. The van der Waals surface area contributed by atoms with Crippen molar-refractivity contribution in [1.29, 1.82) is 5.26 Å². The van der Waals surface area contributed by atoms with E-state index in [1.807, 2.05) is 6.07 Å². The van der Waals surface area contributed by atoms with Crippen LogP contribution in [0.25, 0.3) is 16.7 Å². The maximum Gasteiger partial charge on any atom is 0.148 e. The van der Waals surface area contributed by atoms with Gasteiger partial charge in [0, 0.05) is 6.07 Å². The summed E-state index contributed by atoms with van der Waals surface area (Å²) in [6.45, 7) is 0. The lowest BCUT2D eigenvalue weighted by molar-refractivity contribution is 0.616. The number of fused-ring (bicyclic) bond motifs is 1. The molecule has 1 heterocycles. The molecule has 6 heteroatoms. The fourth-order valence-electron chi connectivity index (χ4n) is 2.21. The minimum Gasteiger partial charge on any atom is -0.292 e. The Morgan fingerprint density at radius 2 is 2.00 bits per heavy atom. The van der Waals surface area contributed by atoms with Crippen molar-refractivity contribution >= 4 is 22.6 Å². The van der Waals surface area contributed by atoms with Gasteiger partial charge in [-0.25, -0.2) is 13.8 Å². The predicted molar refractivity (Wildman–Crippen MR) is 75.3 cm³/mol. The van der Waals surface area contributed by atoms with Crippen molar-refractivity contribution in [3.63, 3.8) is 0 Å².